The molecule has 0 amide bonds. The number of hydrogen-bond donors (Lipinski definition) is 0. The molecule has 0 radical (unpaired) electrons. The zero-order valence-electron chi connectivity index (χ0n) is 10.9. The van der Waals surface area contributed by atoms with Crippen LogP contribution in [0.25, 0.3) is 0 Å². The van der Waals surface area contributed by atoms with Gasteiger partial charge in [0.05, 0.1) is 6.61 Å². The Balaban J connectivity index is 0.000000400. The Hall–Kier alpha value is -1.77. The minimum Gasteiger partial charge on any atom is -0.462 e. The van der Waals surface area contributed by atoms with Crippen molar-refractivity contribution in [2.24, 2.45) is 8.80 Å². The van der Waals surface area contributed by atoms with Crippen molar-refractivity contribution in [3.8, 4) is 0 Å². The molecule has 0 aliphatic carbocycles. The lowest BCUT2D eigenvalue weighted by molar-refractivity contribution is 0.0532. The summed E-state index contributed by atoms with van der Waals surface area (Å²) in [5.74, 6) is -0.220. The smallest absolute Gasteiger partial charge is 0.383 e. The van der Waals surface area contributed by atoms with Gasteiger partial charge in [0.15, 0.2) is 0 Å². The van der Waals surface area contributed by atoms with Crippen LogP contribution in [0.15, 0.2) is 25.1 Å². The molecule has 1 rings (SSSR count). The molecule has 0 spiro atoms. The lowest BCUT2D eigenvalue weighted by atomic mass is 10.5. The third-order valence-electron chi connectivity index (χ3n) is 1.59. The highest BCUT2D eigenvalue weighted by atomic mass is 32.2. The molecule has 8 nitrogen and oxygen atoms in total. The van der Waals surface area contributed by atoms with Crippen molar-refractivity contribution in [1.29, 1.82) is 0 Å². The fraction of sp³-hybridized carbons (Fsp3) is 0.300. The molecule has 0 unspecified atom stereocenters. The molecule has 0 aliphatic heterocycles. The van der Waals surface area contributed by atoms with Gasteiger partial charge in [0, 0.05) is 10.3 Å². The summed E-state index contributed by atoms with van der Waals surface area (Å²) in [5, 5.41) is 1.96. The van der Waals surface area contributed by atoms with Crippen LogP contribution in [0, 0.1) is 0 Å². The number of thioether (sulfide) groups is 1. The molecule has 0 aliphatic rings. The molecule has 1 heterocycles. The predicted octanol–water partition coefficient (Wildman–Crippen LogP) is 1.55. The molecule has 1 aromatic heterocycles. The first-order chi connectivity index (χ1) is 9.90. The molecule has 0 saturated heterocycles. The van der Waals surface area contributed by atoms with Crippen LogP contribution in [0.1, 0.15) is 16.6 Å². The van der Waals surface area contributed by atoms with E-state index in [9.17, 15) is 22.8 Å². The summed E-state index contributed by atoms with van der Waals surface area (Å²) < 4.78 is 29.2. The molecule has 114 valence electrons. The molecular weight excluding hydrogens is 340 g/mol. The number of thiophene rings is 1. The van der Waals surface area contributed by atoms with Gasteiger partial charge in [-0.15, -0.1) is 23.1 Å². The number of hydrogen-bond acceptors (Lipinski definition) is 8. The van der Waals surface area contributed by atoms with Crippen LogP contribution in [0.4, 0.5) is 0 Å². The van der Waals surface area contributed by atoms with Gasteiger partial charge in [-0.1, -0.05) is 8.80 Å². The highest BCUT2D eigenvalue weighted by Gasteiger charge is 2.08. The van der Waals surface area contributed by atoms with E-state index in [1.807, 2.05) is 17.7 Å². The lowest BCUT2D eigenvalue weighted by Gasteiger charge is -1.96. The van der Waals surface area contributed by atoms with E-state index in [2.05, 4.69) is 8.80 Å². The molecular formula is C10H10N2O6S3. The maximum atomic E-state index is 11.2. The van der Waals surface area contributed by atoms with E-state index in [4.69, 9.17) is 4.74 Å². The van der Waals surface area contributed by atoms with Gasteiger partial charge < -0.3 is 4.74 Å². The third-order valence-corrected chi connectivity index (χ3v) is 3.97. The summed E-state index contributed by atoms with van der Waals surface area (Å²) >= 11 is 3.05. The number of nitrogens with zero attached hydrogens (tertiary/aromatic N) is 2. The maximum absolute atomic E-state index is 11.2. The average molecular weight is 350 g/mol. The first kappa shape index (κ1) is 19.2. The molecule has 0 aromatic carbocycles. The van der Waals surface area contributed by atoms with Crippen LogP contribution in [-0.2, 0) is 24.5 Å². The van der Waals surface area contributed by atoms with Gasteiger partial charge in [0.2, 0.25) is 0 Å². The second-order valence-corrected chi connectivity index (χ2v) is 5.94. The number of isocyanates is 2. The van der Waals surface area contributed by atoms with Crippen LogP contribution in [0.5, 0.6) is 0 Å². The van der Waals surface area contributed by atoms with Crippen molar-refractivity contribution in [2.45, 2.75) is 11.8 Å². The van der Waals surface area contributed by atoms with Gasteiger partial charge in [0.25, 0.3) is 12.2 Å². The van der Waals surface area contributed by atoms with Crippen LogP contribution in [0.3, 0.4) is 0 Å². The molecule has 0 N–H and O–H groups in total. The topological polar surface area (TPSA) is 119 Å². The van der Waals surface area contributed by atoms with E-state index in [1.54, 1.807) is 18.7 Å². The second kappa shape index (κ2) is 10.0. The minimum atomic E-state index is -4.28. The van der Waals surface area contributed by atoms with Crippen LogP contribution >= 0.6 is 23.1 Å². The quantitative estimate of drug-likeness (QED) is 0.342. The van der Waals surface area contributed by atoms with Crippen molar-refractivity contribution in [3.63, 3.8) is 0 Å². The van der Waals surface area contributed by atoms with Crippen molar-refractivity contribution in [2.75, 3.05) is 12.9 Å². The van der Waals surface area contributed by atoms with E-state index in [0.29, 0.717) is 23.6 Å². The molecule has 0 saturated carbocycles. The first-order valence-electron chi connectivity index (χ1n) is 5.13. The summed E-state index contributed by atoms with van der Waals surface area (Å²) in [7, 11) is -4.28. The van der Waals surface area contributed by atoms with Crippen molar-refractivity contribution < 1.29 is 27.5 Å². The van der Waals surface area contributed by atoms with E-state index in [-0.39, 0.29) is 5.97 Å². The first-order valence-corrected chi connectivity index (χ1v) is 8.63. The van der Waals surface area contributed by atoms with E-state index < -0.39 is 10.2 Å². The SMILES string of the molecule is CCOC(=O)c1cc(SC)cs1.O=C=NS(=O)(=O)N=C=O. The molecule has 1 aromatic rings. The Morgan fingerprint density at radius 3 is 2.33 bits per heavy atom. The van der Waals surface area contributed by atoms with Gasteiger partial charge in [-0.25, -0.2) is 14.4 Å². The Morgan fingerprint density at radius 1 is 1.38 bits per heavy atom. The number of rotatable bonds is 5. The zero-order chi connectivity index (χ0) is 16.3. The molecule has 0 atom stereocenters. The van der Waals surface area contributed by atoms with E-state index in [1.165, 1.54) is 11.3 Å². The van der Waals surface area contributed by atoms with Crippen molar-refractivity contribution in [3.05, 3.63) is 16.3 Å². The fourth-order valence-corrected chi connectivity index (χ4v) is 2.58. The summed E-state index contributed by atoms with van der Waals surface area (Å²) in [6, 6.07) is 1.85. The average Bonchev–Trinajstić information content (AvgIpc) is 2.88. The standard InChI is InChI=1S/C8H10O2S2.C2N2O4S/c1-3-10-8(9)7-4-6(11-2)5-12-7;5-1-3-9(7,8)4-2-6/h4-5H,3H2,1-2H3;. The van der Waals surface area contributed by atoms with Crippen LogP contribution in [-0.4, -0.2) is 39.4 Å². The van der Waals surface area contributed by atoms with E-state index in [0.717, 1.165) is 4.90 Å². The minimum absolute atomic E-state index is 0.220. The van der Waals surface area contributed by atoms with Gasteiger partial charge in [0.1, 0.15) is 4.88 Å². The predicted molar refractivity (Wildman–Crippen MR) is 77.2 cm³/mol. The summed E-state index contributed by atoms with van der Waals surface area (Å²) in [6.45, 7) is 2.24. The molecule has 0 bridgehead atoms. The monoisotopic (exact) mass is 350 g/mol. The summed E-state index contributed by atoms with van der Waals surface area (Å²) in [6.07, 6.45) is 3.40. The third kappa shape index (κ3) is 8.18. The normalized spacial score (nSPS) is 9.43. The zero-order valence-corrected chi connectivity index (χ0v) is 13.4. The fourth-order valence-electron chi connectivity index (χ4n) is 0.850. The van der Waals surface area contributed by atoms with Crippen LogP contribution in [0.2, 0.25) is 0 Å². The van der Waals surface area contributed by atoms with Gasteiger partial charge in [-0.2, -0.15) is 8.42 Å². The van der Waals surface area contributed by atoms with E-state index >= 15 is 0 Å². The Labute approximate surface area is 129 Å². The number of esters is 1. The maximum Gasteiger partial charge on any atom is 0.383 e. The molecule has 21 heavy (non-hydrogen) atoms. The highest BCUT2D eigenvalue weighted by Crippen LogP contribution is 2.22. The molecule has 11 heteroatoms. The molecule has 0 fully saturated rings. The Kier molecular flexibility index (Phi) is 9.18. The Bertz CT molecular complexity index is 645. The van der Waals surface area contributed by atoms with Gasteiger partial charge in [-0.3, -0.25) is 0 Å². The number of carbonyl (C=O) groups excluding carboxylic acids is 3. The van der Waals surface area contributed by atoms with Gasteiger partial charge in [-0.05, 0) is 19.2 Å². The van der Waals surface area contributed by atoms with Crippen molar-refractivity contribution >= 4 is 51.4 Å². The highest BCUT2D eigenvalue weighted by molar-refractivity contribution is 7.98. The Morgan fingerprint density at radius 2 is 1.95 bits per heavy atom. The largest absolute Gasteiger partial charge is 0.462 e. The van der Waals surface area contributed by atoms with Gasteiger partial charge >= 0.3 is 16.2 Å². The summed E-state index contributed by atoms with van der Waals surface area (Å²) in [4.78, 5) is 31.4. The number of carbonyl (C=O) groups is 1. The lowest BCUT2D eigenvalue weighted by Crippen LogP contribution is -2.01. The summed E-state index contributed by atoms with van der Waals surface area (Å²) in [5.41, 5.74) is 0. The van der Waals surface area contributed by atoms with Crippen LogP contribution < -0.4 is 0 Å². The van der Waals surface area contributed by atoms with Crippen molar-refractivity contribution in [1.82, 2.24) is 0 Å². The number of ether oxygens (including phenoxy) is 1. The second-order valence-electron chi connectivity index (χ2n) is 2.88.